The molecule has 0 spiro atoms. The highest BCUT2D eigenvalue weighted by Crippen LogP contribution is 2.33. The van der Waals surface area contributed by atoms with E-state index in [1.165, 1.54) is 12.8 Å². The van der Waals surface area contributed by atoms with Crippen LogP contribution < -0.4 is 0 Å². The van der Waals surface area contributed by atoms with Crippen LogP contribution in [0.3, 0.4) is 0 Å². The molecule has 2 atom stereocenters. The molecule has 16 heavy (non-hydrogen) atoms. The number of aromatic nitrogens is 3. The third kappa shape index (κ3) is 1.59. The minimum Gasteiger partial charge on any atom is -0.240 e. The lowest BCUT2D eigenvalue weighted by molar-refractivity contribution is 0.338. The molecule has 3 rings (SSSR count). The molecule has 0 saturated heterocycles. The van der Waals surface area contributed by atoms with E-state index in [9.17, 15) is 0 Å². The maximum Gasteiger partial charge on any atom is 0.113 e. The molecule has 2 aromatic rings. The Morgan fingerprint density at radius 2 is 2.00 bits per heavy atom. The molecule has 1 aromatic heterocycles. The monoisotopic (exact) mass is 235 g/mol. The van der Waals surface area contributed by atoms with Gasteiger partial charge < -0.3 is 0 Å². The predicted octanol–water partition coefficient (Wildman–Crippen LogP) is 3.15. The van der Waals surface area contributed by atoms with E-state index in [2.05, 4.69) is 16.4 Å². The predicted molar refractivity (Wildman–Crippen MR) is 64.7 cm³/mol. The Kier molecular flexibility index (Phi) is 2.56. The van der Waals surface area contributed by atoms with Gasteiger partial charge in [-0.25, -0.2) is 4.68 Å². The number of hydrogen-bond acceptors (Lipinski definition) is 2. The quantitative estimate of drug-likeness (QED) is 0.711. The van der Waals surface area contributed by atoms with Crippen molar-refractivity contribution in [1.82, 2.24) is 15.0 Å². The van der Waals surface area contributed by atoms with Crippen LogP contribution in [0.2, 0.25) is 0 Å². The molecule has 0 unspecified atom stereocenters. The van der Waals surface area contributed by atoms with Crippen molar-refractivity contribution >= 4 is 22.6 Å². The van der Waals surface area contributed by atoms with E-state index in [4.69, 9.17) is 11.6 Å². The van der Waals surface area contributed by atoms with Gasteiger partial charge in [0.1, 0.15) is 5.52 Å². The van der Waals surface area contributed by atoms with Gasteiger partial charge in [-0.3, -0.25) is 0 Å². The van der Waals surface area contributed by atoms with Crippen LogP contribution >= 0.6 is 11.6 Å². The van der Waals surface area contributed by atoms with Crippen molar-refractivity contribution in [1.29, 1.82) is 0 Å². The van der Waals surface area contributed by atoms with Gasteiger partial charge in [0, 0.05) is 0 Å². The molecule has 1 fully saturated rings. The van der Waals surface area contributed by atoms with Crippen molar-refractivity contribution in [2.75, 3.05) is 0 Å². The van der Waals surface area contributed by atoms with Crippen molar-refractivity contribution in [3.05, 3.63) is 24.3 Å². The van der Waals surface area contributed by atoms with E-state index in [-0.39, 0.29) is 5.38 Å². The zero-order chi connectivity index (χ0) is 11.0. The Bertz CT molecular complexity index is 494. The van der Waals surface area contributed by atoms with Crippen molar-refractivity contribution in [2.24, 2.45) is 0 Å². The molecule has 0 amide bonds. The van der Waals surface area contributed by atoms with E-state index >= 15 is 0 Å². The number of para-hydroxylation sites is 1. The highest BCUT2D eigenvalue weighted by atomic mass is 35.5. The summed E-state index contributed by atoms with van der Waals surface area (Å²) in [4.78, 5) is 0. The first-order valence-corrected chi connectivity index (χ1v) is 6.24. The fourth-order valence-electron chi connectivity index (χ4n) is 2.47. The molecular formula is C12H14ClN3. The van der Waals surface area contributed by atoms with Gasteiger partial charge in [-0.15, -0.1) is 16.7 Å². The maximum absolute atomic E-state index is 6.39. The molecule has 1 aliphatic carbocycles. The van der Waals surface area contributed by atoms with Gasteiger partial charge in [0.05, 0.1) is 16.9 Å². The fourth-order valence-corrected chi connectivity index (χ4v) is 2.86. The van der Waals surface area contributed by atoms with Gasteiger partial charge in [0.2, 0.25) is 0 Å². The zero-order valence-corrected chi connectivity index (χ0v) is 9.77. The Balaban J connectivity index is 2.04. The second kappa shape index (κ2) is 4.06. The van der Waals surface area contributed by atoms with Crippen LogP contribution in [0, 0.1) is 0 Å². The Morgan fingerprint density at radius 1 is 1.19 bits per heavy atom. The fraction of sp³-hybridized carbons (Fsp3) is 0.500. The molecule has 1 aromatic carbocycles. The van der Waals surface area contributed by atoms with Crippen molar-refractivity contribution in [3.8, 4) is 0 Å². The van der Waals surface area contributed by atoms with Crippen LogP contribution in [0.5, 0.6) is 0 Å². The van der Waals surface area contributed by atoms with E-state index in [1.807, 2.05) is 22.9 Å². The Labute approximate surface area is 99.4 Å². The van der Waals surface area contributed by atoms with E-state index in [0.717, 1.165) is 23.9 Å². The first-order valence-electron chi connectivity index (χ1n) is 5.80. The molecule has 3 nitrogen and oxygen atoms in total. The van der Waals surface area contributed by atoms with Gasteiger partial charge in [-0.2, -0.15) is 0 Å². The normalized spacial score (nSPS) is 26.1. The van der Waals surface area contributed by atoms with Crippen LogP contribution in [0.25, 0.3) is 11.0 Å². The van der Waals surface area contributed by atoms with E-state index < -0.39 is 0 Å². The minimum atomic E-state index is 0.193. The molecule has 84 valence electrons. The topological polar surface area (TPSA) is 30.7 Å². The van der Waals surface area contributed by atoms with Crippen LogP contribution in [-0.2, 0) is 0 Å². The smallest absolute Gasteiger partial charge is 0.113 e. The van der Waals surface area contributed by atoms with E-state index in [1.54, 1.807) is 0 Å². The Morgan fingerprint density at radius 3 is 2.88 bits per heavy atom. The lowest BCUT2D eigenvalue weighted by Crippen LogP contribution is -2.24. The molecule has 1 heterocycles. The third-order valence-electron chi connectivity index (χ3n) is 3.34. The van der Waals surface area contributed by atoms with Crippen molar-refractivity contribution < 1.29 is 0 Å². The summed E-state index contributed by atoms with van der Waals surface area (Å²) in [6.45, 7) is 0. The number of nitrogens with zero attached hydrogens (tertiary/aromatic N) is 3. The standard InChI is InChI=1S/C12H14ClN3/c13-9-5-1-3-7-11(9)16-12-8-4-2-6-10(12)14-15-16/h2,4,6,8-9,11H,1,3,5,7H2/t9-,11+/m1/s1. The number of halogens is 1. The molecule has 0 aliphatic heterocycles. The maximum atomic E-state index is 6.39. The summed E-state index contributed by atoms with van der Waals surface area (Å²) >= 11 is 6.39. The number of alkyl halides is 1. The molecule has 0 N–H and O–H groups in total. The largest absolute Gasteiger partial charge is 0.240 e. The van der Waals surface area contributed by atoms with Crippen LogP contribution in [0.15, 0.2) is 24.3 Å². The van der Waals surface area contributed by atoms with Crippen LogP contribution in [0.1, 0.15) is 31.7 Å². The zero-order valence-electron chi connectivity index (χ0n) is 9.01. The summed E-state index contributed by atoms with van der Waals surface area (Å²) in [7, 11) is 0. The second-order valence-corrected chi connectivity index (χ2v) is 4.95. The number of fused-ring (bicyclic) bond motifs is 1. The molecule has 0 radical (unpaired) electrons. The van der Waals surface area contributed by atoms with Crippen molar-refractivity contribution in [2.45, 2.75) is 37.1 Å². The van der Waals surface area contributed by atoms with Gasteiger partial charge in [-0.1, -0.05) is 30.2 Å². The average Bonchev–Trinajstić information content (AvgIpc) is 2.74. The number of hydrogen-bond donors (Lipinski definition) is 0. The summed E-state index contributed by atoms with van der Waals surface area (Å²) in [6.07, 6.45) is 4.67. The van der Waals surface area contributed by atoms with Gasteiger partial charge >= 0.3 is 0 Å². The highest BCUT2D eigenvalue weighted by molar-refractivity contribution is 6.21. The van der Waals surface area contributed by atoms with Crippen LogP contribution in [-0.4, -0.2) is 20.4 Å². The number of rotatable bonds is 1. The number of benzene rings is 1. The lowest BCUT2D eigenvalue weighted by Gasteiger charge is -2.27. The first-order chi connectivity index (χ1) is 7.86. The highest BCUT2D eigenvalue weighted by Gasteiger charge is 2.26. The summed E-state index contributed by atoms with van der Waals surface area (Å²) in [5.74, 6) is 0. The molecular weight excluding hydrogens is 222 g/mol. The Hall–Kier alpha value is -1.09. The molecule has 1 saturated carbocycles. The summed E-state index contributed by atoms with van der Waals surface area (Å²) in [6, 6.07) is 8.37. The molecule has 4 heteroatoms. The van der Waals surface area contributed by atoms with Gasteiger partial charge in [0.15, 0.2) is 0 Å². The van der Waals surface area contributed by atoms with Gasteiger partial charge in [0.25, 0.3) is 0 Å². The first kappa shape index (κ1) is 10.1. The van der Waals surface area contributed by atoms with Crippen molar-refractivity contribution in [3.63, 3.8) is 0 Å². The lowest BCUT2D eigenvalue weighted by atomic mass is 9.95. The minimum absolute atomic E-state index is 0.193. The third-order valence-corrected chi connectivity index (χ3v) is 3.85. The van der Waals surface area contributed by atoms with Crippen LogP contribution in [0.4, 0.5) is 0 Å². The molecule has 1 aliphatic rings. The van der Waals surface area contributed by atoms with Gasteiger partial charge in [-0.05, 0) is 25.0 Å². The van der Waals surface area contributed by atoms with E-state index in [0.29, 0.717) is 6.04 Å². The summed E-state index contributed by atoms with van der Waals surface area (Å²) in [5, 5.41) is 8.63. The second-order valence-electron chi connectivity index (χ2n) is 4.39. The average molecular weight is 236 g/mol. The SMILES string of the molecule is Cl[C@@H]1CCCC[C@@H]1n1nnc2ccccc21. The summed E-state index contributed by atoms with van der Waals surface area (Å²) in [5.41, 5.74) is 2.05. The molecule has 0 bridgehead atoms. The summed E-state index contributed by atoms with van der Waals surface area (Å²) < 4.78 is 2.01.